The molecular weight excluding hydrogens is 334 g/mol. The van der Waals surface area contributed by atoms with E-state index < -0.39 is 0 Å². The summed E-state index contributed by atoms with van der Waals surface area (Å²) in [6.07, 6.45) is 6.82. The summed E-state index contributed by atoms with van der Waals surface area (Å²) in [5, 5.41) is 3.39. The standard InChI is InChI=1S/C23H19N3O/c27-23(19-8-7-16-4-1-2-5-18(16)14-19)26-12-9-17(10-13-26)21-15-25-22-20(21)6-3-11-24-22/h1-9,11,14-15H,10,12-13H2,(H,24,25). The highest BCUT2D eigenvalue weighted by molar-refractivity contribution is 5.99. The Kier molecular flexibility index (Phi) is 3.75. The van der Waals surface area contributed by atoms with E-state index in [-0.39, 0.29) is 5.91 Å². The molecule has 27 heavy (non-hydrogen) atoms. The monoisotopic (exact) mass is 353 g/mol. The first-order valence-electron chi connectivity index (χ1n) is 9.19. The summed E-state index contributed by atoms with van der Waals surface area (Å²) in [6.45, 7) is 1.36. The summed E-state index contributed by atoms with van der Waals surface area (Å²) >= 11 is 0. The first kappa shape index (κ1) is 15.8. The molecule has 2 aromatic carbocycles. The minimum atomic E-state index is 0.0941. The van der Waals surface area contributed by atoms with Crippen LogP contribution in [0.5, 0.6) is 0 Å². The minimum Gasteiger partial charge on any atom is -0.346 e. The Hall–Kier alpha value is -3.40. The molecule has 0 unspecified atom stereocenters. The molecule has 4 nitrogen and oxygen atoms in total. The zero-order valence-corrected chi connectivity index (χ0v) is 14.9. The summed E-state index contributed by atoms with van der Waals surface area (Å²) in [5.74, 6) is 0.0941. The lowest BCUT2D eigenvalue weighted by Gasteiger charge is -2.26. The first-order chi connectivity index (χ1) is 13.3. The molecule has 0 bridgehead atoms. The van der Waals surface area contributed by atoms with Gasteiger partial charge < -0.3 is 9.88 Å². The molecule has 0 saturated carbocycles. The van der Waals surface area contributed by atoms with Gasteiger partial charge in [-0.2, -0.15) is 0 Å². The average Bonchev–Trinajstić information content (AvgIpc) is 3.17. The second kappa shape index (κ2) is 6.40. The number of nitrogens with one attached hydrogen (secondary N) is 1. The van der Waals surface area contributed by atoms with E-state index in [2.05, 4.69) is 28.2 Å². The van der Waals surface area contributed by atoms with Crippen molar-refractivity contribution < 1.29 is 4.79 Å². The molecule has 0 fully saturated rings. The maximum atomic E-state index is 12.9. The van der Waals surface area contributed by atoms with Crippen molar-refractivity contribution in [3.8, 4) is 0 Å². The molecule has 5 rings (SSSR count). The Morgan fingerprint density at radius 2 is 1.93 bits per heavy atom. The van der Waals surface area contributed by atoms with Crippen LogP contribution in [0.15, 0.2) is 73.1 Å². The van der Waals surface area contributed by atoms with Crippen LogP contribution >= 0.6 is 0 Å². The van der Waals surface area contributed by atoms with Gasteiger partial charge in [0.1, 0.15) is 5.65 Å². The van der Waals surface area contributed by atoms with Crippen LogP contribution in [0, 0.1) is 0 Å². The molecule has 132 valence electrons. The normalized spacial score (nSPS) is 14.5. The Bertz CT molecular complexity index is 1190. The van der Waals surface area contributed by atoms with E-state index in [0.717, 1.165) is 40.3 Å². The van der Waals surface area contributed by atoms with Crippen molar-refractivity contribution in [1.82, 2.24) is 14.9 Å². The van der Waals surface area contributed by atoms with E-state index >= 15 is 0 Å². The average molecular weight is 353 g/mol. The predicted octanol–water partition coefficient (Wildman–Crippen LogP) is 4.65. The summed E-state index contributed by atoms with van der Waals surface area (Å²) in [5.41, 5.74) is 4.12. The van der Waals surface area contributed by atoms with Crippen LogP contribution in [-0.4, -0.2) is 33.9 Å². The molecule has 4 aromatic rings. The van der Waals surface area contributed by atoms with Gasteiger partial charge in [0, 0.05) is 42.0 Å². The number of amides is 1. The van der Waals surface area contributed by atoms with E-state index in [1.54, 1.807) is 6.20 Å². The summed E-state index contributed by atoms with van der Waals surface area (Å²) in [4.78, 5) is 22.4. The van der Waals surface area contributed by atoms with E-state index in [1.165, 1.54) is 11.1 Å². The van der Waals surface area contributed by atoms with E-state index in [1.807, 2.05) is 53.6 Å². The van der Waals surface area contributed by atoms with Gasteiger partial charge in [-0.15, -0.1) is 0 Å². The van der Waals surface area contributed by atoms with Gasteiger partial charge in [0.05, 0.1) is 0 Å². The Morgan fingerprint density at radius 3 is 2.78 bits per heavy atom. The smallest absolute Gasteiger partial charge is 0.254 e. The number of rotatable bonds is 2. The molecule has 0 atom stereocenters. The molecule has 3 heterocycles. The lowest BCUT2D eigenvalue weighted by molar-refractivity contribution is 0.0773. The second-order valence-corrected chi connectivity index (χ2v) is 6.89. The number of aromatic amines is 1. The lowest BCUT2D eigenvalue weighted by atomic mass is 9.99. The van der Waals surface area contributed by atoms with Crippen molar-refractivity contribution in [2.45, 2.75) is 6.42 Å². The van der Waals surface area contributed by atoms with Crippen molar-refractivity contribution in [2.24, 2.45) is 0 Å². The number of hydrogen-bond donors (Lipinski definition) is 1. The lowest BCUT2D eigenvalue weighted by Crippen LogP contribution is -2.34. The maximum Gasteiger partial charge on any atom is 0.254 e. The number of aromatic nitrogens is 2. The van der Waals surface area contributed by atoms with Gasteiger partial charge in [0.25, 0.3) is 5.91 Å². The van der Waals surface area contributed by atoms with Gasteiger partial charge in [0.15, 0.2) is 0 Å². The largest absolute Gasteiger partial charge is 0.346 e. The van der Waals surface area contributed by atoms with Crippen molar-refractivity contribution in [2.75, 3.05) is 13.1 Å². The zero-order valence-electron chi connectivity index (χ0n) is 14.9. The van der Waals surface area contributed by atoms with Gasteiger partial charge >= 0.3 is 0 Å². The first-order valence-corrected chi connectivity index (χ1v) is 9.19. The number of H-pyrrole nitrogens is 1. The molecule has 0 saturated heterocycles. The van der Waals surface area contributed by atoms with Crippen molar-refractivity contribution in [3.05, 3.63) is 84.2 Å². The van der Waals surface area contributed by atoms with Gasteiger partial charge in [-0.1, -0.05) is 36.4 Å². The summed E-state index contributed by atoms with van der Waals surface area (Å²) < 4.78 is 0. The number of nitrogens with zero attached hydrogens (tertiary/aromatic N) is 2. The number of fused-ring (bicyclic) bond motifs is 2. The molecule has 0 aliphatic carbocycles. The summed E-state index contributed by atoms with van der Waals surface area (Å²) in [7, 11) is 0. The number of carbonyl (C=O) groups is 1. The van der Waals surface area contributed by atoms with Crippen LogP contribution in [-0.2, 0) is 0 Å². The highest BCUT2D eigenvalue weighted by Crippen LogP contribution is 2.29. The fourth-order valence-corrected chi connectivity index (χ4v) is 3.82. The third-order valence-corrected chi connectivity index (χ3v) is 5.29. The Labute approximate surface area is 157 Å². The van der Waals surface area contributed by atoms with Crippen LogP contribution in [0.2, 0.25) is 0 Å². The van der Waals surface area contributed by atoms with Crippen LogP contribution < -0.4 is 0 Å². The molecule has 4 heteroatoms. The number of benzene rings is 2. The Balaban J connectivity index is 1.39. The Morgan fingerprint density at radius 1 is 1.04 bits per heavy atom. The molecule has 1 aliphatic heterocycles. The fraction of sp³-hybridized carbons (Fsp3) is 0.130. The highest BCUT2D eigenvalue weighted by atomic mass is 16.2. The molecule has 1 N–H and O–H groups in total. The van der Waals surface area contributed by atoms with Gasteiger partial charge in [0.2, 0.25) is 0 Å². The van der Waals surface area contributed by atoms with Crippen molar-refractivity contribution in [3.63, 3.8) is 0 Å². The minimum absolute atomic E-state index is 0.0941. The maximum absolute atomic E-state index is 12.9. The number of carbonyl (C=O) groups excluding carboxylic acids is 1. The third kappa shape index (κ3) is 2.79. The van der Waals surface area contributed by atoms with Crippen molar-refractivity contribution in [1.29, 1.82) is 0 Å². The fourth-order valence-electron chi connectivity index (χ4n) is 3.82. The third-order valence-electron chi connectivity index (χ3n) is 5.29. The van der Waals surface area contributed by atoms with Crippen LogP contribution in [0.1, 0.15) is 22.3 Å². The number of hydrogen-bond acceptors (Lipinski definition) is 2. The second-order valence-electron chi connectivity index (χ2n) is 6.89. The van der Waals surface area contributed by atoms with Crippen LogP contribution in [0.3, 0.4) is 0 Å². The summed E-state index contributed by atoms with van der Waals surface area (Å²) in [6, 6.07) is 18.1. The van der Waals surface area contributed by atoms with Gasteiger partial charge in [-0.05, 0) is 47.0 Å². The quantitative estimate of drug-likeness (QED) is 0.570. The number of pyridine rings is 1. The topological polar surface area (TPSA) is 49.0 Å². The zero-order chi connectivity index (χ0) is 18.2. The highest BCUT2D eigenvalue weighted by Gasteiger charge is 2.20. The molecule has 0 radical (unpaired) electrons. The van der Waals surface area contributed by atoms with Gasteiger partial charge in [-0.25, -0.2) is 4.98 Å². The van der Waals surface area contributed by atoms with E-state index in [9.17, 15) is 4.79 Å². The van der Waals surface area contributed by atoms with Crippen LogP contribution in [0.4, 0.5) is 0 Å². The van der Waals surface area contributed by atoms with E-state index in [0.29, 0.717) is 6.54 Å². The van der Waals surface area contributed by atoms with Crippen molar-refractivity contribution >= 4 is 33.3 Å². The van der Waals surface area contributed by atoms with E-state index in [4.69, 9.17) is 0 Å². The van der Waals surface area contributed by atoms with Crippen LogP contribution in [0.25, 0.3) is 27.4 Å². The SMILES string of the molecule is O=C(c1ccc2ccccc2c1)N1CC=C(c2c[nH]c3ncccc23)CC1. The molecule has 0 spiro atoms. The molecular formula is C23H19N3O. The van der Waals surface area contributed by atoms with Gasteiger partial charge in [-0.3, -0.25) is 4.79 Å². The predicted molar refractivity (Wildman–Crippen MR) is 109 cm³/mol. The molecule has 1 amide bonds. The molecule has 1 aliphatic rings. The molecule has 2 aromatic heterocycles.